The summed E-state index contributed by atoms with van der Waals surface area (Å²) >= 11 is 0. The Labute approximate surface area is 114 Å². The second-order valence-electron chi connectivity index (χ2n) is 4.70. The van der Waals surface area contributed by atoms with E-state index >= 15 is 0 Å². The normalized spacial score (nSPS) is 15.4. The molecule has 0 unspecified atom stereocenters. The number of hydrogen-bond donors (Lipinski definition) is 1. The number of anilines is 1. The van der Waals surface area contributed by atoms with Gasteiger partial charge in [-0.2, -0.15) is 0 Å². The molecule has 0 atom stereocenters. The van der Waals surface area contributed by atoms with Crippen molar-refractivity contribution < 1.29 is 9.53 Å². The molecule has 0 radical (unpaired) electrons. The molecule has 1 saturated heterocycles. The van der Waals surface area contributed by atoms with Crippen molar-refractivity contribution in [2.45, 2.75) is 20.3 Å². The molecule has 1 aliphatic heterocycles. The Morgan fingerprint density at radius 3 is 2.89 bits per heavy atom. The summed E-state index contributed by atoms with van der Waals surface area (Å²) < 4.78 is 5.27. The number of nitrogens with one attached hydrogen (secondary N) is 1. The highest BCUT2D eigenvalue weighted by molar-refractivity contribution is 5.99. The van der Waals surface area contributed by atoms with Crippen LogP contribution in [0.4, 0.5) is 5.69 Å². The number of hydrogen-bond acceptors (Lipinski definition) is 4. The van der Waals surface area contributed by atoms with Crippen molar-refractivity contribution in [2.75, 3.05) is 38.2 Å². The lowest BCUT2D eigenvalue weighted by Gasteiger charge is -2.27. The molecule has 1 aliphatic rings. The van der Waals surface area contributed by atoms with E-state index in [1.54, 1.807) is 6.20 Å². The minimum atomic E-state index is 0.0365. The Morgan fingerprint density at radius 1 is 1.47 bits per heavy atom. The topological polar surface area (TPSA) is 54.5 Å². The molecule has 0 spiro atoms. The maximum atomic E-state index is 12.5. The van der Waals surface area contributed by atoms with E-state index in [0.717, 1.165) is 24.3 Å². The van der Waals surface area contributed by atoms with Gasteiger partial charge in [0.05, 0.1) is 24.5 Å². The number of pyridine rings is 1. The Kier molecular flexibility index (Phi) is 4.74. The summed E-state index contributed by atoms with van der Waals surface area (Å²) in [4.78, 5) is 18.6. The number of carbonyl (C=O) groups is 1. The maximum Gasteiger partial charge on any atom is 0.257 e. The van der Waals surface area contributed by atoms with E-state index < -0.39 is 0 Å². The van der Waals surface area contributed by atoms with Gasteiger partial charge in [-0.25, -0.2) is 0 Å². The molecule has 0 bridgehead atoms. The molecule has 0 aliphatic carbocycles. The van der Waals surface area contributed by atoms with Crippen LogP contribution < -0.4 is 5.32 Å². The Balaban J connectivity index is 2.19. The van der Waals surface area contributed by atoms with E-state index in [2.05, 4.69) is 17.2 Å². The van der Waals surface area contributed by atoms with Gasteiger partial charge in [0.1, 0.15) is 0 Å². The molecule has 1 fully saturated rings. The lowest BCUT2D eigenvalue weighted by Crippen LogP contribution is -2.41. The predicted molar refractivity (Wildman–Crippen MR) is 74.5 cm³/mol. The zero-order chi connectivity index (χ0) is 13.7. The van der Waals surface area contributed by atoms with Gasteiger partial charge >= 0.3 is 0 Å². The highest BCUT2D eigenvalue weighted by Crippen LogP contribution is 2.18. The van der Waals surface area contributed by atoms with Gasteiger partial charge in [0.15, 0.2) is 0 Å². The van der Waals surface area contributed by atoms with E-state index in [1.165, 1.54) is 0 Å². The van der Waals surface area contributed by atoms with Crippen molar-refractivity contribution in [3.63, 3.8) is 0 Å². The van der Waals surface area contributed by atoms with Crippen LogP contribution in [0.2, 0.25) is 0 Å². The summed E-state index contributed by atoms with van der Waals surface area (Å²) in [5.41, 5.74) is 2.45. The number of amides is 1. The summed E-state index contributed by atoms with van der Waals surface area (Å²) in [7, 11) is 0. The van der Waals surface area contributed by atoms with Crippen LogP contribution in [0.15, 0.2) is 12.3 Å². The molecular weight excluding hydrogens is 242 g/mol. The van der Waals surface area contributed by atoms with Gasteiger partial charge in [-0.15, -0.1) is 0 Å². The average molecular weight is 263 g/mol. The largest absolute Gasteiger partial charge is 0.384 e. The van der Waals surface area contributed by atoms with Crippen LogP contribution in [0.25, 0.3) is 0 Å². The Morgan fingerprint density at radius 2 is 2.21 bits per heavy atom. The van der Waals surface area contributed by atoms with E-state index in [4.69, 9.17) is 4.74 Å². The van der Waals surface area contributed by atoms with Gasteiger partial charge in [-0.05, 0) is 19.4 Å². The molecule has 2 rings (SSSR count). The van der Waals surface area contributed by atoms with Gasteiger partial charge in [0.2, 0.25) is 0 Å². The third-order valence-corrected chi connectivity index (χ3v) is 3.13. The fraction of sp³-hybridized carbons (Fsp3) is 0.571. The fourth-order valence-corrected chi connectivity index (χ4v) is 2.07. The third-order valence-electron chi connectivity index (χ3n) is 3.13. The van der Waals surface area contributed by atoms with Crippen molar-refractivity contribution in [3.05, 3.63) is 23.5 Å². The summed E-state index contributed by atoms with van der Waals surface area (Å²) in [6.07, 6.45) is 2.69. The standard InChI is InChI=1S/C14H21N3O2/c1-3-4-15-13-9-11(2)16-10-12(13)14(18)17-5-7-19-8-6-17/h9-10H,3-8H2,1-2H3,(H,15,16). The van der Waals surface area contributed by atoms with Gasteiger partial charge in [0.25, 0.3) is 5.91 Å². The van der Waals surface area contributed by atoms with Crippen LogP contribution in [0.1, 0.15) is 29.4 Å². The molecule has 5 heteroatoms. The molecule has 0 aromatic carbocycles. The zero-order valence-electron chi connectivity index (χ0n) is 11.6. The van der Waals surface area contributed by atoms with Gasteiger partial charge in [-0.1, -0.05) is 6.92 Å². The first-order chi connectivity index (χ1) is 9.22. The second-order valence-corrected chi connectivity index (χ2v) is 4.70. The summed E-state index contributed by atoms with van der Waals surface area (Å²) in [6.45, 7) is 7.42. The SMILES string of the molecule is CCCNc1cc(C)ncc1C(=O)N1CCOCC1. The lowest BCUT2D eigenvalue weighted by molar-refractivity contribution is 0.0303. The van der Waals surface area contributed by atoms with Crippen molar-refractivity contribution in [1.82, 2.24) is 9.88 Å². The van der Waals surface area contributed by atoms with Crippen molar-refractivity contribution in [1.29, 1.82) is 0 Å². The molecule has 1 amide bonds. The Hall–Kier alpha value is -1.62. The number of aryl methyl sites for hydroxylation is 1. The van der Waals surface area contributed by atoms with Gasteiger partial charge in [-0.3, -0.25) is 9.78 Å². The van der Waals surface area contributed by atoms with Crippen molar-refractivity contribution in [2.24, 2.45) is 0 Å². The van der Waals surface area contributed by atoms with E-state index in [0.29, 0.717) is 31.9 Å². The first-order valence-corrected chi connectivity index (χ1v) is 6.80. The van der Waals surface area contributed by atoms with E-state index in [1.807, 2.05) is 17.9 Å². The molecule has 1 aromatic heterocycles. The van der Waals surface area contributed by atoms with Crippen LogP contribution in [0.5, 0.6) is 0 Å². The molecule has 1 N–H and O–H groups in total. The van der Waals surface area contributed by atoms with Crippen LogP contribution >= 0.6 is 0 Å². The van der Waals surface area contributed by atoms with Crippen molar-refractivity contribution in [3.8, 4) is 0 Å². The number of aromatic nitrogens is 1. The maximum absolute atomic E-state index is 12.5. The zero-order valence-corrected chi connectivity index (χ0v) is 11.6. The highest BCUT2D eigenvalue weighted by Gasteiger charge is 2.21. The molecule has 2 heterocycles. The summed E-state index contributed by atoms with van der Waals surface area (Å²) in [6, 6.07) is 1.93. The molecular formula is C14H21N3O2. The number of carbonyl (C=O) groups excluding carboxylic acids is 1. The molecule has 1 aromatic rings. The highest BCUT2D eigenvalue weighted by atomic mass is 16.5. The minimum absolute atomic E-state index is 0.0365. The van der Waals surface area contributed by atoms with Crippen LogP contribution in [-0.4, -0.2) is 48.6 Å². The second kappa shape index (κ2) is 6.52. The molecule has 19 heavy (non-hydrogen) atoms. The molecule has 5 nitrogen and oxygen atoms in total. The van der Waals surface area contributed by atoms with Gasteiger partial charge < -0.3 is 15.0 Å². The van der Waals surface area contributed by atoms with E-state index in [9.17, 15) is 4.79 Å². The first-order valence-electron chi connectivity index (χ1n) is 6.80. The van der Waals surface area contributed by atoms with Crippen molar-refractivity contribution >= 4 is 11.6 Å². The Bertz CT molecular complexity index is 442. The predicted octanol–water partition coefficient (Wildman–Crippen LogP) is 1.68. The molecule has 0 saturated carbocycles. The number of ether oxygens (including phenoxy) is 1. The average Bonchev–Trinajstić information content (AvgIpc) is 2.45. The monoisotopic (exact) mass is 263 g/mol. The fourth-order valence-electron chi connectivity index (χ4n) is 2.07. The van der Waals surface area contributed by atoms with Crippen LogP contribution in [0.3, 0.4) is 0 Å². The van der Waals surface area contributed by atoms with E-state index in [-0.39, 0.29) is 5.91 Å². The van der Waals surface area contributed by atoms with Crippen LogP contribution in [0, 0.1) is 6.92 Å². The first kappa shape index (κ1) is 13.8. The number of rotatable bonds is 4. The summed E-state index contributed by atoms with van der Waals surface area (Å²) in [5, 5.41) is 3.31. The quantitative estimate of drug-likeness (QED) is 0.898. The molecule has 104 valence electrons. The lowest BCUT2D eigenvalue weighted by atomic mass is 10.1. The van der Waals surface area contributed by atoms with Crippen LogP contribution in [-0.2, 0) is 4.74 Å². The number of nitrogens with zero attached hydrogens (tertiary/aromatic N) is 2. The number of morpholine rings is 1. The smallest absolute Gasteiger partial charge is 0.257 e. The summed E-state index contributed by atoms with van der Waals surface area (Å²) in [5.74, 6) is 0.0365. The minimum Gasteiger partial charge on any atom is -0.384 e. The van der Waals surface area contributed by atoms with Gasteiger partial charge in [0, 0.05) is 31.5 Å². The third kappa shape index (κ3) is 3.44.